The smallest absolute Gasteiger partial charge is 0.220 e. The van der Waals surface area contributed by atoms with E-state index < -0.39 is 0 Å². The highest BCUT2D eigenvalue weighted by Gasteiger charge is 2.55. The number of carbonyl (C=O) groups is 1. The molecular weight excluding hydrogens is 356 g/mol. The van der Waals surface area contributed by atoms with Gasteiger partial charge in [-0.2, -0.15) is 0 Å². The van der Waals surface area contributed by atoms with E-state index in [1.54, 1.807) is 5.57 Å². The zero-order valence-electron chi connectivity index (χ0n) is 18.1. The quantitative estimate of drug-likeness (QED) is 0.742. The van der Waals surface area contributed by atoms with Gasteiger partial charge in [-0.25, -0.2) is 0 Å². The van der Waals surface area contributed by atoms with Crippen LogP contribution >= 0.6 is 0 Å². The Morgan fingerprint density at radius 2 is 2.03 bits per heavy atom. The van der Waals surface area contributed by atoms with Gasteiger partial charge < -0.3 is 5.32 Å². The van der Waals surface area contributed by atoms with Crippen molar-refractivity contribution in [2.45, 2.75) is 65.7 Å². The van der Waals surface area contributed by atoms with Crippen molar-refractivity contribution in [3.8, 4) is 0 Å². The summed E-state index contributed by atoms with van der Waals surface area (Å²) in [6, 6.07) is 2.19. The molecule has 29 heavy (non-hydrogen) atoms. The van der Waals surface area contributed by atoms with E-state index >= 15 is 0 Å². The molecule has 2 heterocycles. The van der Waals surface area contributed by atoms with Crippen LogP contribution < -0.4 is 5.32 Å². The van der Waals surface area contributed by atoms with E-state index in [1.165, 1.54) is 42.4 Å². The van der Waals surface area contributed by atoms with Gasteiger partial charge in [0.05, 0.1) is 0 Å². The maximum Gasteiger partial charge on any atom is 0.220 e. The van der Waals surface area contributed by atoms with Crippen molar-refractivity contribution in [3.05, 3.63) is 47.3 Å². The summed E-state index contributed by atoms with van der Waals surface area (Å²) < 4.78 is 0. The first kappa shape index (κ1) is 19.1. The summed E-state index contributed by atoms with van der Waals surface area (Å²) in [5.41, 5.74) is 6.35. The third-order valence-corrected chi connectivity index (χ3v) is 9.13. The topological polar surface area (TPSA) is 42.0 Å². The number of nitrogens with one attached hydrogen (secondary N) is 1. The lowest BCUT2D eigenvalue weighted by molar-refractivity contribution is -0.121. The van der Waals surface area contributed by atoms with Gasteiger partial charge in [0.25, 0.3) is 0 Å². The molecule has 0 aromatic carbocycles. The second kappa shape index (κ2) is 6.82. The molecule has 5 atom stereocenters. The van der Waals surface area contributed by atoms with Crippen LogP contribution in [0.5, 0.6) is 0 Å². The number of rotatable bonds is 2. The SMILES string of the molecule is CCc1ccncc1C1=CC=C2C3CCC4CNC(=O)CC[C@]4(C)C3CC[C@]12C. The fraction of sp³-hybridized carbons (Fsp3) is 0.615. The van der Waals surface area contributed by atoms with Crippen LogP contribution in [-0.4, -0.2) is 17.4 Å². The van der Waals surface area contributed by atoms with Crippen molar-refractivity contribution in [1.29, 1.82) is 0 Å². The summed E-state index contributed by atoms with van der Waals surface area (Å²) in [6.45, 7) is 8.10. The summed E-state index contributed by atoms with van der Waals surface area (Å²) in [5.74, 6) is 2.27. The second-order valence-corrected chi connectivity index (χ2v) is 10.3. The Morgan fingerprint density at radius 3 is 2.86 bits per heavy atom. The summed E-state index contributed by atoms with van der Waals surface area (Å²) in [4.78, 5) is 16.6. The first-order valence-corrected chi connectivity index (χ1v) is 11.6. The number of pyridine rings is 1. The van der Waals surface area contributed by atoms with E-state index in [2.05, 4.69) is 55.5 Å². The first-order valence-electron chi connectivity index (χ1n) is 11.6. The number of allylic oxidation sites excluding steroid dienone is 4. The Labute approximate surface area is 175 Å². The standard InChI is InChI=1S/C26H34N2O/c1-4-17-11-14-27-16-20(17)22-8-7-21-19-6-5-18-15-28-24(29)10-13-25(18,2)23(19)9-12-26(21,22)3/h7-8,11,14,16,18-19,23H,4-6,9-10,12-13,15H2,1-3H3,(H,28,29)/t18?,19?,23?,25-,26-/m0/s1. The Hall–Kier alpha value is -1.90. The Balaban J connectivity index is 1.47. The fourth-order valence-corrected chi connectivity index (χ4v) is 7.32. The molecule has 3 unspecified atom stereocenters. The van der Waals surface area contributed by atoms with Gasteiger partial charge in [0.1, 0.15) is 0 Å². The second-order valence-electron chi connectivity index (χ2n) is 10.3. The van der Waals surface area contributed by atoms with Crippen LogP contribution in [0.1, 0.15) is 70.4 Å². The van der Waals surface area contributed by atoms with E-state index in [1.807, 2.05) is 6.20 Å². The van der Waals surface area contributed by atoms with Crippen molar-refractivity contribution in [2.75, 3.05) is 6.54 Å². The molecule has 0 bridgehead atoms. The van der Waals surface area contributed by atoms with Crippen LogP contribution in [0.2, 0.25) is 0 Å². The molecule has 3 aliphatic carbocycles. The van der Waals surface area contributed by atoms with Crippen molar-refractivity contribution in [1.82, 2.24) is 10.3 Å². The van der Waals surface area contributed by atoms with Crippen molar-refractivity contribution < 1.29 is 4.79 Å². The van der Waals surface area contributed by atoms with Crippen LogP contribution in [0.4, 0.5) is 0 Å². The molecule has 1 aliphatic heterocycles. The molecule has 0 spiro atoms. The van der Waals surface area contributed by atoms with Crippen molar-refractivity contribution >= 4 is 11.5 Å². The van der Waals surface area contributed by atoms with Gasteiger partial charge in [-0.05, 0) is 78.9 Å². The van der Waals surface area contributed by atoms with Crippen LogP contribution in [0.25, 0.3) is 5.57 Å². The molecule has 154 valence electrons. The Morgan fingerprint density at radius 1 is 1.17 bits per heavy atom. The van der Waals surface area contributed by atoms with Gasteiger partial charge in [-0.1, -0.05) is 38.5 Å². The normalized spacial score (nSPS) is 38.7. The van der Waals surface area contributed by atoms with E-state index in [0.29, 0.717) is 24.2 Å². The number of carbonyl (C=O) groups excluding carboxylic acids is 1. The van der Waals surface area contributed by atoms with Gasteiger partial charge in [0.15, 0.2) is 0 Å². The average Bonchev–Trinajstić information content (AvgIpc) is 3.00. The molecule has 1 N–H and O–H groups in total. The van der Waals surface area contributed by atoms with E-state index in [-0.39, 0.29) is 16.7 Å². The van der Waals surface area contributed by atoms with Gasteiger partial charge in [0, 0.05) is 36.3 Å². The fourth-order valence-electron chi connectivity index (χ4n) is 7.32. The number of fused-ring (bicyclic) bond motifs is 5. The maximum atomic E-state index is 12.1. The minimum Gasteiger partial charge on any atom is -0.356 e. The zero-order chi connectivity index (χ0) is 20.2. The lowest BCUT2D eigenvalue weighted by atomic mass is 9.48. The summed E-state index contributed by atoms with van der Waals surface area (Å²) >= 11 is 0. The van der Waals surface area contributed by atoms with Crippen LogP contribution in [-0.2, 0) is 11.2 Å². The molecule has 0 radical (unpaired) electrons. The molecule has 3 nitrogen and oxygen atoms in total. The highest BCUT2D eigenvalue weighted by Crippen LogP contribution is 2.64. The predicted octanol–water partition coefficient (Wildman–Crippen LogP) is 5.33. The zero-order valence-corrected chi connectivity index (χ0v) is 18.1. The highest BCUT2D eigenvalue weighted by atomic mass is 16.1. The minimum atomic E-state index is 0.149. The Kier molecular flexibility index (Phi) is 4.49. The molecule has 5 rings (SSSR count). The number of hydrogen-bond acceptors (Lipinski definition) is 2. The van der Waals surface area contributed by atoms with Crippen LogP contribution in [0, 0.1) is 28.6 Å². The molecule has 3 fully saturated rings. The number of amides is 1. The lowest BCUT2D eigenvalue weighted by Gasteiger charge is -2.56. The maximum absolute atomic E-state index is 12.1. The summed E-state index contributed by atoms with van der Waals surface area (Å²) in [5, 5.41) is 3.19. The average molecular weight is 391 g/mol. The highest BCUT2D eigenvalue weighted by molar-refractivity contribution is 5.80. The summed E-state index contributed by atoms with van der Waals surface area (Å²) in [6.07, 6.45) is 16.7. The summed E-state index contributed by atoms with van der Waals surface area (Å²) in [7, 11) is 0. The van der Waals surface area contributed by atoms with Crippen LogP contribution in [0.3, 0.4) is 0 Å². The van der Waals surface area contributed by atoms with Gasteiger partial charge in [-0.3, -0.25) is 9.78 Å². The molecule has 1 amide bonds. The van der Waals surface area contributed by atoms with Crippen molar-refractivity contribution in [2.24, 2.45) is 28.6 Å². The molecule has 1 aromatic heterocycles. The molecule has 2 saturated carbocycles. The molecule has 4 aliphatic rings. The monoisotopic (exact) mass is 390 g/mol. The van der Waals surface area contributed by atoms with Crippen molar-refractivity contribution in [3.63, 3.8) is 0 Å². The number of aryl methyl sites for hydroxylation is 1. The van der Waals surface area contributed by atoms with Crippen LogP contribution in [0.15, 0.2) is 36.2 Å². The van der Waals surface area contributed by atoms with Gasteiger partial charge >= 0.3 is 0 Å². The largest absolute Gasteiger partial charge is 0.356 e. The molecule has 1 saturated heterocycles. The minimum absolute atomic E-state index is 0.149. The third-order valence-electron chi connectivity index (χ3n) is 9.13. The van der Waals surface area contributed by atoms with Gasteiger partial charge in [-0.15, -0.1) is 0 Å². The molecular formula is C26H34N2O. The molecule has 1 aromatic rings. The first-order chi connectivity index (χ1) is 14.0. The lowest BCUT2D eigenvalue weighted by Crippen LogP contribution is -2.49. The van der Waals surface area contributed by atoms with Gasteiger partial charge in [0.2, 0.25) is 5.91 Å². The number of hydrogen-bond donors (Lipinski definition) is 1. The Bertz CT molecular complexity index is 900. The third kappa shape index (κ3) is 2.76. The van der Waals surface area contributed by atoms with E-state index in [9.17, 15) is 4.79 Å². The number of aromatic nitrogens is 1. The van der Waals surface area contributed by atoms with E-state index in [4.69, 9.17) is 0 Å². The number of nitrogens with zero attached hydrogens (tertiary/aromatic N) is 1. The van der Waals surface area contributed by atoms with E-state index in [0.717, 1.165) is 19.4 Å². The molecule has 3 heteroatoms. The predicted molar refractivity (Wildman–Crippen MR) is 117 cm³/mol.